The average molecular weight is 723 g/mol. The highest BCUT2D eigenvalue weighted by atomic mass is 32.1. The first-order valence-electron chi connectivity index (χ1n) is 19.1. The van der Waals surface area contributed by atoms with Crippen LogP contribution in [0.4, 0.5) is 0 Å². The second kappa shape index (κ2) is 11.9. The van der Waals surface area contributed by atoms with Gasteiger partial charge in [-0.3, -0.25) is 0 Å². The molecule has 0 spiro atoms. The molecule has 8 aromatic carbocycles. The lowest BCUT2D eigenvalue weighted by Crippen LogP contribution is -1.98. The number of fused-ring (bicyclic) bond motifs is 11. The first-order chi connectivity index (χ1) is 26.7. The summed E-state index contributed by atoms with van der Waals surface area (Å²) in [5, 5.41) is 13.5. The van der Waals surface area contributed by atoms with Crippen LogP contribution in [0.25, 0.3) is 101 Å². The van der Waals surface area contributed by atoms with Gasteiger partial charge in [-0.15, -0.1) is 22.7 Å². The van der Waals surface area contributed by atoms with Crippen molar-refractivity contribution in [1.29, 1.82) is 0 Å². The highest BCUT2D eigenvalue weighted by Gasteiger charge is 2.21. The molecule has 0 N–H and O–H groups in total. The number of hydrogen-bond donors (Lipinski definition) is 0. The van der Waals surface area contributed by atoms with Crippen molar-refractivity contribution in [2.75, 3.05) is 0 Å². The fourth-order valence-electron chi connectivity index (χ4n) is 9.43. The zero-order valence-electron chi connectivity index (χ0n) is 29.7. The van der Waals surface area contributed by atoms with Gasteiger partial charge in [-0.25, -0.2) is 0 Å². The lowest BCUT2D eigenvalue weighted by atomic mass is 9.82. The Balaban J connectivity index is 1.00. The first kappa shape index (κ1) is 30.6. The van der Waals surface area contributed by atoms with Gasteiger partial charge >= 0.3 is 0 Å². The third-order valence-corrected chi connectivity index (χ3v) is 14.3. The van der Waals surface area contributed by atoms with Crippen molar-refractivity contribution in [2.45, 2.75) is 25.7 Å². The van der Waals surface area contributed by atoms with Crippen LogP contribution in [0.15, 0.2) is 152 Å². The molecule has 12 rings (SSSR count). The predicted molar refractivity (Wildman–Crippen MR) is 239 cm³/mol. The Bertz CT molecular complexity index is 3270. The largest absolute Gasteiger partial charge is 0.135 e. The predicted octanol–water partition coefficient (Wildman–Crippen LogP) is 15.8. The smallest absolute Gasteiger partial charge is 0.0434 e. The number of allylic oxidation sites excluding steroid dienone is 5. The molecule has 0 amide bonds. The highest BCUT2D eigenvalue weighted by Crippen LogP contribution is 2.47. The average Bonchev–Trinajstić information content (AvgIpc) is 3.79. The van der Waals surface area contributed by atoms with Gasteiger partial charge < -0.3 is 0 Å². The van der Waals surface area contributed by atoms with Crippen LogP contribution in [-0.2, 0) is 6.42 Å². The summed E-state index contributed by atoms with van der Waals surface area (Å²) in [5.41, 5.74) is 10.9. The summed E-state index contributed by atoms with van der Waals surface area (Å²) in [4.78, 5) is 0. The van der Waals surface area contributed by atoms with Gasteiger partial charge in [0.05, 0.1) is 0 Å². The molecule has 2 heteroatoms. The maximum absolute atomic E-state index is 2.49. The SMILES string of the molecule is C1=Cc2ccc(-c3c4ccccc4c(C4=CC(c5ccc6sc7c8cc9sc%10ccccc%10c9cc8ccc7c6c5)=CCC4)c4ccccc34)cc2CC1. The second-order valence-electron chi connectivity index (χ2n) is 15.0. The quantitative estimate of drug-likeness (QED) is 0.159. The third kappa shape index (κ3) is 4.60. The fraction of sp³-hybridized carbons (Fsp3) is 0.0769. The summed E-state index contributed by atoms with van der Waals surface area (Å²) < 4.78 is 5.47. The molecule has 0 atom stereocenters. The molecule has 0 aliphatic heterocycles. The van der Waals surface area contributed by atoms with E-state index in [1.165, 1.54) is 117 Å². The number of benzene rings is 8. The van der Waals surface area contributed by atoms with Crippen molar-refractivity contribution in [1.82, 2.24) is 0 Å². The first-order valence-corrected chi connectivity index (χ1v) is 20.7. The minimum atomic E-state index is 1.03. The van der Waals surface area contributed by atoms with E-state index in [0.717, 1.165) is 25.7 Å². The Morgan fingerprint density at radius 2 is 1.17 bits per heavy atom. The maximum Gasteiger partial charge on any atom is 0.0434 e. The second-order valence-corrected chi connectivity index (χ2v) is 17.1. The maximum atomic E-state index is 2.49. The highest BCUT2D eigenvalue weighted by molar-refractivity contribution is 7.27. The minimum absolute atomic E-state index is 1.03. The standard InChI is InChI=1S/C52H34S2/c1-2-11-32-26-37(21-20-31(32)10-1)51-41-17-5-3-15-39(41)50(40-16-4-6-18-42(40)51)36-13-9-12-33(27-36)34-23-25-48-46(28-34)43-24-22-35-29-45-38-14-7-8-19-47(38)53-49(45)30-44(35)52(43)54-48/h1,3-8,10,12,14-30H,2,9,11,13H2. The van der Waals surface area contributed by atoms with Crippen LogP contribution in [0, 0.1) is 0 Å². The molecule has 10 aromatic rings. The molecule has 0 saturated heterocycles. The molecule has 54 heavy (non-hydrogen) atoms. The molecule has 0 nitrogen and oxygen atoms in total. The Morgan fingerprint density at radius 3 is 2.00 bits per heavy atom. The molecular weight excluding hydrogens is 689 g/mol. The van der Waals surface area contributed by atoms with Gasteiger partial charge in [0.25, 0.3) is 0 Å². The summed E-state index contributed by atoms with van der Waals surface area (Å²) in [5.74, 6) is 0. The van der Waals surface area contributed by atoms with E-state index < -0.39 is 0 Å². The van der Waals surface area contributed by atoms with Crippen molar-refractivity contribution in [2.24, 2.45) is 0 Å². The molecule has 0 unspecified atom stereocenters. The zero-order chi connectivity index (χ0) is 35.3. The van der Waals surface area contributed by atoms with Crippen LogP contribution in [0.5, 0.6) is 0 Å². The van der Waals surface area contributed by atoms with Crippen LogP contribution >= 0.6 is 22.7 Å². The molecular formula is C52H34S2. The molecule has 0 radical (unpaired) electrons. The van der Waals surface area contributed by atoms with Crippen molar-refractivity contribution in [3.05, 3.63) is 174 Å². The molecule has 0 bridgehead atoms. The van der Waals surface area contributed by atoms with Gasteiger partial charge in [-0.05, 0) is 127 Å². The topological polar surface area (TPSA) is 0 Å². The van der Waals surface area contributed by atoms with Gasteiger partial charge in [0, 0.05) is 45.7 Å². The van der Waals surface area contributed by atoms with Crippen LogP contribution in [0.2, 0.25) is 0 Å². The fourth-order valence-corrected chi connectivity index (χ4v) is 11.8. The normalized spacial score (nSPS) is 14.5. The van der Waals surface area contributed by atoms with E-state index >= 15 is 0 Å². The van der Waals surface area contributed by atoms with Gasteiger partial charge in [0.1, 0.15) is 0 Å². The van der Waals surface area contributed by atoms with Gasteiger partial charge in [0.2, 0.25) is 0 Å². The number of aryl methyl sites for hydroxylation is 1. The van der Waals surface area contributed by atoms with Crippen LogP contribution < -0.4 is 0 Å². The van der Waals surface area contributed by atoms with E-state index in [2.05, 4.69) is 158 Å². The molecule has 2 aromatic heterocycles. The number of hydrogen-bond acceptors (Lipinski definition) is 2. The summed E-state index contributed by atoms with van der Waals surface area (Å²) in [6.45, 7) is 0. The Labute approximate surface area is 321 Å². The number of thiophene rings is 2. The molecule has 0 saturated carbocycles. The third-order valence-electron chi connectivity index (χ3n) is 12.0. The molecule has 0 fully saturated rings. The van der Waals surface area contributed by atoms with Gasteiger partial charge in [-0.2, -0.15) is 0 Å². The van der Waals surface area contributed by atoms with Crippen LogP contribution in [0.3, 0.4) is 0 Å². The van der Waals surface area contributed by atoms with Gasteiger partial charge in [0.15, 0.2) is 0 Å². The van der Waals surface area contributed by atoms with Crippen molar-refractivity contribution < 1.29 is 0 Å². The summed E-state index contributed by atoms with van der Waals surface area (Å²) in [7, 11) is 0. The number of rotatable bonds is 3. The van der Waals surface area contributed by atoms with E-state index in [-0.39, 0.29) is 0 Å². The van der Waals surface area contributed by atoms with Gasteiger partial charge in [-0.1, -0.05) is 127 Å². The Kier molecular flexibility index (Phi) is 6.72. The van der Waals surface area contributed by atoms with E-state index in [0.29, 0.717) is 0 Å². The van der Waals surface area contributed by atoms with Crippen molar-refractivity contribution in [3.8, 4) is 11.1 Å². The summed E-state index contributed by atoms with van der Waals surface area (Å²) in [6, 6.07) is 50.8. The molecule has 2 aliphatic rings. The van der Waals surface area contributed by atoms with E-state index in [1.807, 2.05) is 22.7 Å². The van der Waals surface area contributed by atoms with E-state index in [4.69, 9.17) is 0 Å². The Hall–Kier alpha value is -5.80. The van der Waals surface area contributed by atoms with Crippen LogP contribution in [-0.4, -0.2) is 0 Å². The van der Waals surface area contributed by atoms with Crippen LogP contribution in [0.1, 0.15) is 41.5 Å². The summed E-state index contributed by atoms with van der Waals surface area (Å²) in [6.07, 6.45) is 13.8. The molecule has 2 aliphatic carbocycles. The lowest BCUT2D eigenvalue weighted by Gasteiger charge is -2.22. The lowest BCUT2D eigenvalue weighted by molar-refractivity contribution is 0.986. The van der Waals surface area contributed by atoms with E-state index in [1.54, 1.807) is 0 Å². The Morgan fingerprint density at radius 1 is 0.444 bits per heavy atom. The van der Waals surface area contributed by atoms with E-state index in [9.17, 15) is 0 Å². The monoisotopic (exact) mass is 722 g/mol. The molecule has 254 valence electrons. The van der Waals surface area contributed by atoms with Crippen molar-refractivity contribution >= 4 is 113 Å². The molecule has 2 heterocycles. The minimum Gasteiger partial charge on any atom is -0.135 e. The zero-order valence-corrected chi connectivity index (χ0v) is 31.3. The van der Waals surface area contributed by atoms with Crippen molar-refractivity contribution in [3.63, 3.8) is 0 Å². The summed E-state index contributed by atoms with van der Waals surface area (Å²) >= 11 is 3.84.